The van der Waals surface area contributed by atoms with Crippen LogP contribution in [-0.4, -0.2) is 31.6 Å². The number of ether oxygens (including phenoxy) is 2. The molecule has 0 saturated carbocycles. The Morgan fingerprint density at radius 1 is 1.00 bits per heavy atom. The molecule has 0 aromatic heterocycles. The average molecular weight is 341 g/mol. The van der Waals surface area contributed by atoms with Crippen LogP contribution in [0.25, 0.3) is 0 Å². The van der Waals surface area contributed by atoms with Gasteiger partial charge in [0.15, 0.2) is 6.61 Å². The molecule has 0 heterocycles. The van der Waals surface area contributed by atoms with Gasteiger partial charge in [0.05, 0.1) is 13.5 Å². The van der Waals surface area contributed by atoms with Crippen LogP contribution in [0.4, 0.5) is 5.69 Å². The lowest BCUT2D eigenvalue weighted by atomic mass is 10.1. The number of esters is 1. The second kappa shape index (κ2) is 8.87. The third-order valence-electron chi connectivity index (χ3n) is 3.68. The average Bonchev–Trinajstić information content (AvgIpc) is 2.61. The van der Waals surface area contributed by atoms with Crippen LogP contribution in [0.15, 0.2) is 54.6 Å². The highest BCUT2D eigenvalue weighted by Crippen LogP contribution is 2.18. The van der Waals surface area contributed by atoms with E-state index >= 15 is 0 Å². The molecule has 5 heteroatoms. The largest absolute Gasteiger partial charge is 0.484 e. The van der Waals surface area contributed by atoms with E-state index in [1.807, 2.05) is 44.2 Å². The summed E-state index contributed by atoms with van der Waals surface area (Å²) < 4.78 is 10.2. The van der Waals surface area contributed by atoms with Crippen molar-refractivity contribution < 1.29 is 19.1 Å². The Kier molecular flexibility index (Phi) is 6.57. The zero-order valence-electron chi connectivity index (χ0n) is 14.8. The van der Waals surface area contributed by atoms with Crippen molar-refractivity contribution in [1.29, 1.82) is 0 Å². The predicted molar refractivity (Wildman–Crippen MR) is 96.7 cm³/mol. The van der Waals surface area contributed by atoms with Crippen LogP contribution in [0.2, 0.25) is 0 Å². The number of anilines is 1. The van der Waals surface area contributed by atoms with Crippen LogP contribution < -0.4 is 9.64 Å². The summed E-state index contributed by atoms with van der Waals surface area (Å²) in [6, 6.07) is 16.6. The number of amides is 1. The number of rotatable bonds is 7. The zero-order chi connectivity index (χ0) is 18.2. The van der Waals surface area contributed by atoms with E-state index in [2.05, 4.69) is 4.74 Å². The van der Waals surface area contributed by atoms with Gasteiger partial charge >= 0.3 is 5.97 Å². The molecule has 25 heavy (non-hydrogen) atoms. The molecule has 1 amide bonds. The summed E-state index contributed by atoms with van der Waals surface area (Å²) in [5.74, 6) is 0.179. The smallest absolute Gasteiger partial charge is 0.309 e. The van der Waals surface area contributed by atoms with E-state index in [9.17, 15) is 9.59 Å². The van der Waals surface area contributed by atoms with Gasteiger partial charge in [-0.15, -0.1) is 0 Å². The quantitative estimate of drug-likeness (QED) is 0.726. The van der Waals surface area contributed by atoms with Crippen LogP contribution >= 0.6 is 0 Å². The predicted octanol–water partition coefficient (Wildman–Crippen LogP) is 3.22. The van der Waals surface area contributed by atoms with Gasteiger partial charge in [-0.3, -0.25) is 9.59 Å². The first-order valence-electron chi connectivity index (χ1n) is 8.17. The molecule has 0 radical (unpaired) electrons. The molecule has 0 atom stereocenters. The van der Waals surface area contributed by atoms with Crippen molar-refractivity contribution in [3.63, 3.8) is 0 Å². The second-order valence-corrected chi connectivity index (χ2v) is 5.88. The molecular weight excluding hydrogens is 318 g/mol. The third-order valence-corrected chi connectivity index (χ3v) is 3.68. The van der Waals surface area contributed by atoms with Gasteiger partial charge in [-0.05, 0) is 43.7 Å². The van der Waals surface area contributed by atoms with Gasteiger partial charge in [0.25, 0.3) is 5.91 Å². The molecule has 0 unspecified atom stereocenters. The number of para-hydroxylation sites is 1. The second-order valence-electron chi connectivity index (χ2n) is 5.88. The van der Waals surface area contributed by atoms with E-state index in [0.717, 1.165) is 11.3 Å². The van der Waals surface area contributed by atoms with E-state index < -0.39 is 0 Å². The van der Waals surface area contributed by atoms with Crippen LogP contribution in [0.1, 0.15) is 19.4 Å². The van der Waals surface area contributed by atoms with E-state index in [1.165, 1.54) is 7.11 Å². The molecule has 2 aromatic rings. The van der Waals surface area contributed by atoms with Crippen molar-refractivity contribution in [2.45, 2.75) is 26.3 Å². The maximum absolute atomic E-state index is 12.5. The molecule has 2 aromatic carbocycles. The lowest BCUT2D eigenvalue weighted by molar-refractivity contribution is -0.139. The lowest BCUT2D eigenvalue weighted by Crippen LogP contribution is -2.40. The van der Waals surface area contributed by atoms with Gasteiger partial charge in [-0.25, -0.2) is 0 Å². The number of nitrogens with zero attached hydrogens (tertiary/aromatic N) is 1. The Bertz CT molecular complexity index is 695. The summed E-state index contributed by atoms with van der Waals surface area (Å²) in [5.41, 5.74) is 1.68. The number of carbonyl (C=O) groups excluding carboxylic acids is 2. The Morgan fingerprint density at radius 3 is 2.20 bits per heavy atom. The maximum atomic E-state index is 12.5. The minimum Gasteiger partial charge on any atom is -0.484 e. The fraction of sp³-hybridized carbons (Fsp3) is 0.300. The normalized spacial score (nSPS) is 10.4. The highest BCUT2D eigenvalue weighted by molar-refractivity contribution is 5.94. The molecule has 0 aliphatic heterocycles. The van der Waals surface area contributed by atoms with Crippen LogP contribution in [0.3, 0.4) is 0 Å². The van der Waals surface area contributed by atoms with Gasteiger partial charge in [0, 0.05) is 11.7 Å². The molecular formula is C20H23NO4. The van der Waals surface area contributed by atoms with Gasteiger partial charge in [0.2, 0.25) is 0 Å². The Morgan fingerprint density at radius 2 is 1.64 bits per heavy atom. The summed E-state index contributed by atoms with van der Waals surface area (Å²) in [4.78, 5) is 25.5. The SMILES string of the molecule is COC(=O)Cc1ccc(OCC(=O)N(c2ccccc2)C(C)C)cc1. The summed E-state index contributed by atoms with van der Waals surface area (Å²) in [6.45, 7) is 3.88. The zero-order valence-corrected chi connectivity index (χ0v) is 14.8. The Hall–Kier alpha value is -2.82. The number of methoxy groups -OCH3 is 1. The summed E-state index contributed by atoms with van der Waals surface area (Å²) in [5, 5.41) is 0. The molecule has 0 spiro atoms. The molecule has 0 aliphatic rings. The van der Waals surface area contributed by atoms with E-state index in [1.54, 1.807) is 29.2 Å². The molecule has 0 fully saturated rings. The fourth-order valence-corrected chi connectivity index (χ4v) is 2.48. The molecule has 0 bridgehead atoms. The van der Waals surface area contributed by atoms with E-state index in [4.69, 9.17) is 4.74 Å². The first-order chi connectivity index (χ1) is 12.0. The van der Waals surface area contributed by atoms with Crippen LogP contribution in [0.5, 0.6) is 5.75 Å². The molecule has 2 rings (SSSR count). The van der Waals surface area contributed by atoms with Crippen molar-refractivity contribution in [3.8, 4) is 5.75 Å². The van der Waals surface area contributed by atoms with E-state index in [0.29, 0.717) is 5.75 Å². The number of carbonyl (C=O) groups is 2. The van der Waals surface area contributed by atoms with Crippen molar-refractivity contribution in [1.82, 2.24) is 0 Å². The Balaban J connectivity index is 1.97. The van der Waals surface area contributed by atoms with Crippen molar-refractivity contribution in [2.75, 3.05) is 18.6 Å². The first kappa shape index (κ1) is 18.5. The topological polar surface area (TPSA) is 55.8 Å². The number of hydrogen-bond donors (Lipinski definition) is 0. The summed E-state index contributed by atoms with van der Waals surface area (Å²) >= 11 is 0. The number of hydrogen-bond acceptors (Lipinski definition) is 4. The standard InChI is InChI=1S/C20H23NO4/c1-15(2)21(17-7-5-4-6-8-17)19(22)14-25-18-11-9-16(10-12-18)13-20(23)24-3/h4-12,15H,13-14H2,1-3H3. The van der Waals surface area contributed by atoms with Crippen LogP contribution in [0, 0.1) is 0 Å². The highest BCUT2D eigenvalue weighted by Gasteiger charge is 2.19. The highest BCUT2D eigenvalue weighted by atomic mass is 16.5. The van der Waals surface area contributed by atoms with Gasteiger partial charge in [0.1, 0.15) is 5.75 Å². The monoisotopic (exact) mass is 341 g/mol. The molecule has 5 nitrogen and oxygen atoms in total. The van der Waals surface area contributed by atoms with Gasteiger partial charge in [-0.1, -0.05) is 30.3 Å². The Labute approximate surface area is 148 Å². The van der Waals surface area contributed by atoms with Crippen LogP contribution in [-0.2, 0) is 20.7 Å². The fourth-order valence-electron chi connectivity index (χ4n) is 2.48. The lowest BCUT2D eigenvalue weighted by Gasteiger charge is -2.26. The third kappa shape index (κ3) is 5.35. The van der Waals surface area contributed by atoms with Crippen molar-refractivity contribution >= 4 is 17.6 Å². The van der Waals surface area contributed by atoms with Crippen molar-refractivity contribution in [2.24, 2.45) is 0 Å². The summed E-state index contributed by atoms with van der Waals surface area (Å²) in [6.07, 6.45) is 0.213. The molecule has 0 N–H and O–H groups in total. The molecule has 132 valence electrons. The molecule has 0 aliphatic carbocycles. The first-order valence-corrected chi connectivity index (χ1v) is 8.17. The number of benzene rings is 2. The summed E-state index contributed by atoms with van der Waals surface area (Å²) in [7, 11) is 1.36. The van der Waals surface area contributed by atoms with Crippen molar-refractivity contribution in [3.05, 3.63) is 60.2 Å². The van der Waals surface area contributed by atoms with Gasteiger partial charge < -0.3 is 14.4 Å². The van der Waals surface area contributed by atoms with Gasteiger partial charge in [-0.2, -0.15) is 0 Å². The minimum absolute atomic E-state index is 0.0286. The molecule has 0 saturated heterocycles. The van der Waals surface area contributed by atoms with E-state index in [-0.39, 0.29) is 30.9 Å². The maximum Gasteiger partial charge on any atom is 0.309 e. The minimum atomic E-state index is -0.292.